The first-order valence-electron chi connectivity index (χ1n) is 9.44. The fourth-order valence-corrected chi connectivity index (χ4v) is 3.22. The fourth-order valence-electron chi connectivity index (χ4n) is 3.22. The zero-order valence-electron chi connectivity index (χ0n) is 16.7. The number of carbonyl (C=O) groups is 1. The van der Waals surface area contributed by atoms with Gasteiger partial charge in [0, 0.05) is 23.2 Å². The molecule has 2 aromatic carbocycles. The van der Waals surface area contributed by atoms with Gasteiger partial charge in [0.1, 0.15) is 17.9 Å². The highest BCUT2D eigenvalue weighted by molar-refractivity contribution is 5.93. The second-order valence-electron chi connectivity index (χ2n) is 7.19. The molecule has 0 aliphatic carbocycles. The third kappa shape index (κ3) is 4.00. The zero-order chi connectivity index (χ0) is 21.3. The minimum atomic E-state index is -0.544. The average Bonchev–Trinajstić information content (AvgIpc) is 3.17. The maximum atomic E-state index is 12.5. The highest BCUT2D eigenvalue weighted by Crippen LogP contribution is 2.34. The Kier molecular flexibility index (Phi) is 5.18. The van der Waals surface area contributed by atoms with Crippen molar-refractivity contribution in [2.45, 2.75) is 20.3 Å². The third-order valence-corrected chi connectivity index (χ3v) is 4.74. The molecule has 0 atom stereocenters. The molecule has 0 saturated heterocycles. The van der Waals surface area contributed by atoms with E-state index in [4.69, 9.17) is 18.6 Å². The van der Waals surface area contributed by atoms with Crippen LogP contribution in [-0.4, -0.2) is 19.3 Å². The van der Waals surface area contributed by atoms with E-state index in [1.807, 2.05) is 13.0 Å². The van der Waals surface area contributed by atoms with E-state index >= 15 is 0 Å². The molecule has 7 heteroatoms. The molecule has 1 amide bonds. The van der Waals surface area contributed by atoms with Crippen molar-refractivity contribution in [3.63, 3.8) is 0 Å². The Bertz CT molecular complexity index is 1210. The molecule has 0 bridgehead atoms. The number of hydrogen-bond donors (Lipinski definition) is 1. The summed E-state index contributed by atoms with van der Waals surface area (Å²) in [7, 11) is 0. The summed E-state index contributed by atoms with van der Waals surface area (Å²) in [5.41, 5.74) is 2.34. The van der Waals surface area contributed by atoms with Gasteiger partial charge in [-0.3, -0.25) is 4.79 Å². The SMILES string of the molecule is C=C(C)COc1ccc2c(C)c(CC(=O)Nc3ccc4c(c3)OCO4)c(=O)oc2c1. The molecule has 0 spiro atoms. The molecule has 30 heavy (non-hydrogen) atoms. The van der Waals surface area contributed by atoms with Crippen molar-refractivity contribution >= 4 is 22.6 Å². The Morgan fingerprint density at radius 1 is 1.17 bits per heavy atom. The van der Waals surface area contributed by atoms with Gasteiger partial charge in [-0.2, -0.15) is 0 Å². The van der Waals surface area contributed by atoms with Crippen LogP contribution in [0.5, 0.6) is 17.2 Å². The van der Waals surface area contributed by atoms with Crippen LogP contribution in [0.15, 0.2) is 57.8 Å². The van der Waals surface area contributed by atoms with E-state index in [2.05, 4.69) is 11.9 Å². The molecule has 0 unspecified atom stereocenters. The van der Waals surface area contributed by atoms with Crippen molar-refractivity contribution in [2.75, 3.05) is 18.7 Å². The molecular formula is C23H21NO6. The smallest absolute Gasteiger partial charge is 0.340 e. The van der Waals surface area contributed by atoms with Gasteiger partial charge in [-0.05, 0) is 49.2 Å². The summed E-state index contributed by atoms with van der Waals surface area (Å²) in [6.07, 6.45) is -0.105. The number of fused-ring (bicyclic) bond motifs is 2. The zero-order valence-corrected chi connectivity index (χ0v) is 16.7. The second kappa shape index (κ2) is 7.94. The van der Waals surface area contributed by atoms with Crippen molar-refractivity contribution in [3.8, 4) is 17.2 Å². The summed E-state index contributed by atoms with van der Waals surface area (Å²) < 4.78 is 21.6. The number of hydrogen-bond acceptors (Lipinski definition) is 6. The largest absolute Gasteiger partial charge is 0.489 e. The highest BCUT2D eigenvalue weighted by atomic mass is 16.7. The van der Waals surface area contributed by atoms with E-state index < -0.39 is 5.63 Å². The van der Waals surface area contributed by atoms with Gasteiger partial charge in [0.25, 0.3) is 0 Å². The molecule has 1 N–H and O–H groups in total. The fraction of sp³-hybridized carbons (Fsp3) is 0.217. The average molecular weight is 407 g/mol. The van der Waals surface area contributed by atoms with Gasteiger partial charge in [0.2, 0.25) is 12.7 Å². The molecule has 154 valence electrons. The van der Waals surface area contributed by atoms with Crippen LogP contribution in [-0.2, 0) is 11.2 Å². The molecule has 0 fully saturated rings. The van der Waals surface area contributed by atoms with Crippen LogP contribution in [0.2, 0.25) is 0 Å². The summed E-state index contributed by atoms with van der Waals surface area (Å²) in [6, 6.07) is 10.4. The monoisotopic (exact) mass is 407 g/mol. The number of anilines is 1. The Morgan fingerprint density at radius 3 is 2.77 bits per heavy atom. The van der Waals surface area contributed by atoms with Crippen molar-refractivity contribution < 1.29 is 23.4 Å². The van der Waals surface area contributed by atoms with Crippen LogP contribution in [0.1, 0.15) is 18.1 Å². The van der Waals surface area contributed by atoms with Crippen LogP contribution >= 0.6 is 0 Å². The van der Waals surface area contributed by atoms with Gasteiger partial charge in [0.15, 0.2) is 11.5 Å². The standard InChI is InChI=1S/C23H21NO6/c1-13(2)11-27-16-5-6-17-14(3)18(23(26)30-20(17)9-16)10-22(25)24-15-4-7-19-21(8-15)29-12-28-19/h4-9H,1,10-12H2,2-3H3,(H,24,25). The van der Waals surface area contributed by atoms with Gasteiger partial charge >= 0.3 is 5.63 Å². The Balaban J connectivity index is 1.54. The van der Waals surface area contributed by atoms with Crippen LogP contribution in [0.3, 0.4) is 0 Å². The molecule has 4 rings (SSSR count). The van der Waals surface area contributed by atoms with Crippen molar-refractivity contribution in [3.05, 3.63) is 70.1 Å². The van der Waals surface area contributed by atoms with Crippen LogP contribution < -0.4 is 25.2 Å². The van der Waals surface area contributed by atoms with E-state index in [0.717, 1.165) is 11.0 Å². The van der Waals surface area contributed by atoms with E-state index in [1.165, 1.54) is 0 Å². The number of benzene rings is 2. The highest BCUT2D eigenvalue weighted by Gasteiger charge is 2.17. The number of aryl methyl sites for hydroxylation is 1. The lowest BCUT2D eigenvalue weighted by atomic mass is 10.0. The van der Waals surface area contributed by atoms with Crippen molar-refractivity contribution in [2.24, 2.45) is 0 Å². The number of amides is 1. The number of nitrogens with one attached hydrogen (secondary N) is 1. The van der Waals surface area contributed by atoms with E-state index in [1.54, 1.807) is 37.3 Å². The number of ether oxygens (including phenoxy) is 3. The molecule has 0 saturated carbocycles. The maximum absolute atomic E-state index is 12.5. The molecule has 1 aromatic heterocycles. The van der Waals surface area contributed by atoms with Crippen molar-refractivity contribution in [1.82, 2.24) is 0 Å². The number of rotatable bonds is 6. The Morgan fingerprint density at radius 2 is 1.97 bits per heavy atom. The summed E-state index contributed by atoms with van der Waals surface area (Å²) in [5, 5.41) is 3.53. The first-order valence-corrected chi connectivity index (χ1v) is 9.44. The number of carbonyl (C=O) groups excluding carboxylic acids is 1. The molecule has 2 heterocycles. The van der Waals surface area contributed by atoms with Gasteiger partial charge in [-0.15, -0.1) is 0 Å². The van der Waals surface area contributed by atoms with Gasteiger partial charge in [-0.1, -0.05) is 6.58 Å². The topological polar surface area (TPSA) is 87.0 Å². The molecule has 3 aromatic rings. The van der Waals surface area contributed by atoms with Crippen LogP contribution in [0.25, 0.3) is 11.0 Å². The summed E-state index contributed by atoms with van der Waals surface area (Å²) >= 11 is 0. The second-order valence-corrected chi connectivity index (χ2v) is 7.19. The Hall–Kier alpha value is -3.74. The first-order chi connectivity index (χ1) is 14.4. The lowest BCUT2D eigenvalue weighted by Gasteiger charge is -2.11. The predicted molar refractivity (Wildman–Crippen MR) is 112 cm³/mol. The predicted octanol–water partition coefficient (Wildman–Crippen LogP) is 3.97. The van der Waals surface area contributed by atoms with Gasteiger partial charge in [-0.25, -0.2) is 4.79 Å². The van der Waals surface area contributed by atoms with E-state index in [-0.39, 0.29) is 19.1 Å². The van der Waals surface area contributed by atoms with E-state index in [9.17, 15) is 9.59 Å². The summed E-state index contributed by atoms with van der Waals surface area (Å²) in [4.78, 5) is 25.1. The minimum Gasteiger partial charge on any atom is -0.489 e. The lowest BCUT2D eigenvalue weighted by molar-refractivity contribution is -0.115. The quantitative estimate of drug-likeness (QED) is 0.492. The van der Waals surface area contributed by atoms with Gasteiger partial charge in [0.05, 0.1) is 12.0 Å². The maximum Gasteiger partial charge on any atom is 0.340 e. The minimum absolute atomic E-state index is 0.105. The normalized spacial score (nSPS) is 12.1. The molecular weight excluding hydrogens is 386 g/mol. The van der Waals surface area contributed by atoms with E-state index in [0.29, 0.717) is 46.3 Å². The van der Waals surface area contributed by atoms with Crippen LogP contribution in [0.4, 0.5) is 5.69 Å². The molecule has 1 aliphatic heterocycles. The van der Waals surface area contributed by atoms with Crippen molar-refractivity contribution in [1.29, 1.82) is 0 Å². The first kappa shape index (κ1) is 19.6. The molecule has 7 nitrogen and oxygen atoms in total. The summed E-state index contributed by atoms with van der Waals surface area (Å²) in [6.45, 7) is 8.01. The summed E-state index contributed by atoms with van der Waals surface area (Å²) in [5.74, 6) is 1.45. The molecule has 0 radical (unpaired) electrons. The lowest BCUT2D eigenvalue weighted by Crippen LogP contribution is -2.20. The van der Waals surface area contributed by atoms with Gasteiger partial charge < -0.3 is 23.9 Å². The van der Waals surface area contributed by atoms with Crippen LogP contribution in [0, 0.1) is 6.92 Å². The molecule has 1 aliphatic rings. The Labute approximate surface area is 172 Å². The third-order valence-electron chi connectivity index (χ3n) is 4.74.